The fraction of sp³-hybridized carbons (Fsp3) is 0.308. The number of nitrogens with zero attached hydrogens (tertiary/aromatic N) is 5. The zero-order chi connectivity index (χ0) is 15.4. The number of carbonyl (C=O) groups excluding carboxylic acids is 1. The lowest BCUT2D eigenvalue weighted by atomic mass is 10.2. The predicted molar refractivity (Wildman–Crippen MR) is 73.0 cm³/mol. The number of carboxylic acids is 1. The number of hydrogen-bond acceptors (Lipinski definition) is 5. The van der Waals surface area contributed by atoms with Crippen molar-refractivity contribution in [1.29, 1.82) is 0 Å². The predicted octanol–water partition coefficient (Wildman–Crippen LogP) is 0.597. The lowest BCUT2D eigenvalue weighted by Crippen LogP contribution is -2.40. The molecule has 0 saturated heterocycles. The maximum Gasteiger partial charge on any atom is 0.323 e. The van der Waals surface area contributed by atoms with E-state index >= 15 is 0 Å². The Hall–Kier alpha value is -2.77. The van der Waals surface area contributed by atoms with Gasteiger partial charge in [-0.3, -0.25) is 9.59 Å². The van der Waals surface area contributed by atoms with Crippen LogP contribution >= 0.6 is 0 Å². The Morgan fingerprint density at radius 2 is 2.19 bits per heavy atom. The van der Waals surface area contributed by atoms with Crippen molar-refractivity contribution in [3.8, 4) is 5.82 Å². The van der Waals surface area contributed by atoms with Gasteiger partial charge >= 0.3 is 5.97 Å². The second kappa shape index (κ2) is 6.12. The molecule has 8 heteroatoms. The highest BCUT2D eigenvalue weighted by atomic mass is 16.4. The topological polar surface area (TPSA) is 101 Å². The molecular formula is C13H15N5O3. The molecule has 0 aliphatic rings. The van der Waals surface area contributed by atoms with Crippen LogP contribution in [-0.2, 0) is 4.79 Å². The summed E-state index contributed by atoms with van der Waals surface area (Å²) in [4.78, 5) is 32.5. The first-order valence-corrected chi connectivity index (χ1v) is 6.33. The highest BCUT2D eigenvalue weighted by Crippen LogP contribution is 2.11. The first-order chi connectivity index (χ1) is 9.99. The van der Waals surface area contributed by atoms with E-state index in [9.17, 15) is 9.59 Å². The van der Waals surface area contributed by atoms with Crippen LogP contribution in [0.15, 0.2) is 31.0 Å². The molecule has 21 heavy (non-hydrogen) atoms. The van der Waals surface area contributed by atoms with Crippen LogP contribution in [0, 0.1) is 0 Å². The van der Waals surface area contributed by atoms with Gasteiger partial charge in [-0.25, -0.2) is 14.6 Å². The molecule has 0 spiro atoms. The second-order valence-corrected chi connectivity index (χ2v) is 4.66. The van der Waals surface area contributed by atoms with Gasteiger partial charge in [0.2, 0.25) is 0 Å². The van der Waals surface area contributed by atoms with Crippen LogP contribution in [0.2, 0.25) is 0 Å². The molecule has 0 fully saturated rings. The van der Waals surface area contributed by atoms with E-state index in [4.69, 9.17) is 5.11 Å². The number of aromatic nitrogens is 4. The molecule has 0 bridgehead atoms. The maximum atomic E-state index is 12.4. The van der Waals surface area contributed by atoms with Gasteiger partial charge in [-0.05, 0) is 26.0 Å². The van der Waals surface area contributed by atoms with Gasteiger partial charge in [-0.15, -0.1) is 0 Å². The standard InChI is InChI=1S/C13H15N5O3/c1-9(2)17(6-12(19)20)13(21)10-3-4-15-11(5-10)18-8-14-7-16-18/h3-5,7-9H,6H2,1-2H3,(H,19,20). The normalized spacial score (nSPS) is 10.6. The number of rotatable bonds is 5. The van der Waals surface area contributed by atoms with E-state index in [0.29, 0.717) is 11.4 Å². The van der Waals surface area contributed by atoms with Crippen molar-refractivity contribution in [2.45, 2.75) is 19.9 Å². The van der Waals surface area contributed by atoms with Crippen molar-refractivity contribution in [3.63, 3.8) is 0 Å². The molecule has 1 N–H and O–H groups in total. The maximum absolute atomic E-state index is 12.4. The highest BCUT2D eigenvalue weighted by molar-refractivity contribution is 5.96. The molecule has 0 saturated carbocycles. The highest BCUT2D eigenvalue weighted by Gasteiger charge is 2.21. The van der Waals surface area contributed by atoms with Crippen molar-refractivity contribution >= 4 is 11.9 Å². The summed E-state index contributed by atoms with van der Waals surface area (Å²) in [5, 5.41) is 12.8. The molecule has 8 nitrogen and oxygen atoms in total. The van der Waals surface area contributed by atoms with Gasteiger partial charge < -0.3 is 10.0 Å². The number of pyridine rings is 1. The van der Waals surface area contributed by atoms with E-state index in [1.165, 1.54) is 28.4 Å². The van der Waals surface area contributed by atoms with Gasteiger partial charge in [-0.1, -0.05) is 0 Å². The summed E-state index contributed by atoms with van der Waals surface area (Å²) in [7, 11) is 0. The summed E-state index contributed by atoms with van der Waals surface area (Å²) in [6.07, 6.45) is 4.30. The van der Waals surface area contributed by atoms with Crippen LogP contribution in [0.25, 0.3) is 5.82 Å². The minimum atomic E-state index is -1.05. The Labute approximate surface area is 121 Å². The van der Waals surface area contributed by atoms with Crippen LogP contribution < -0.4 is 0 Å². The van der Waals surface area contributed by atoms with Gasteiger partial charge in [0.25, 0.3) is 5.91 Å². The Morgan fingerprint density at radius 1 is 1.43 bits per heavy atom. The molecule has 0 aliphatic heterocycles. The minimum absolute atomic E-state index is 0.225. The van der Waals surface area contributed by atoms with Crippen molar-refractivity contribution in [2.75, 3.05) is 6.54 Å². The average molecular weight is 289 g/mol. The van der Waals surface area contributed by atoms with Crippen LogP contribution in [0.5, 0.6) is 0 Å². The molecule has 2 aromatic rings. The number of aliphatic carboxylic acids is 1. The fourth-order valence-corrected chi connectivity index (χ4v) is 1.80. The number of amides is 1. The van der Waals surface area contributed by atoms with Crippen molar-refractivity contribution in [3.05, 3.63) is 36.5 Å². The Bertz CT molecular complexity index is 639. The van der Waals surface area contributed by atoms with Crippen LogP contribution in [0.1, 0.15) is 24.2 Å². The summed E-state index contributed by atoms with van der Waals surface area (Å²) in [5.41, 5.74) is 0.352. The summed E-state index contributed by atoms with van der Waals surface area (Å²) >= 11 is 0. The molecule has 0 radical (unpaired) electrons. The Morgan fingerprint density at radius 3 is 2.76 bits per heavy atom. The Balaban J connectivity index is 2.30. The summed E-state index contributed by atoms with van der Waals surface area (Å²) in [5.74, 6) is -0.976. The van der Waals surface area contributed by atoms with Gasteiger partial charge in [0.05, 0.1) is 0 Å². The van der Waals surface area contributed by atoms with E-state index in [-0.39, 0.29) is 18.5 Å². The molecule has 0 atom stereocenters. The molecule has 110 valence electrons. The number of carbonyl (C=O) groups is 2. The smallest absolute Gasteiger partial charge is 0.323 e. The quantitative estimate of drug-likeness (QED) is 0.864. The minimum Gasteiger partial charge on any atom is -0.480 e. The summed E-state index contributed by atoms with van der Waals surface area (Å²) in [6.45, 7) is 3.18. The van der Waals surface area contributed by atoms with E-state index in [1.54, 1.807) is 26.0 Å². The first kappa shape index (κ1) is 14.6. The van der Waals surface area contributed by atoms with E-state index < -0.39 is 5.97 Å². The molecular weight excluding hydrogens is 274 g/mol. The van der Waals surface area contributed by atoms with Crippen molar-refractivity contribution in [1.82, 2.24) is 24.6 Å². The molecule has 2 heterocycles. The zero-order valence-electron chi connectivity index (χ0n) is 11.7. The second-order valence-electron chi connectivity index (χ2n) is 4.66. The number of carboxylic acid groups (broad SMARTS) is 1. The van der Waals surface area contributed by atoms with E-state index in [1.807, 2.05) is 0 Å². The van der Waals surface area contributed by atoms with Gasteiger partial charge in [0.15, 0.2) is 5.82 Å². The third-order valence-electron chi connectivity index (χ3n) is 2.84. The molecule has 2 rings (SSSR count). The Kier molecular flexibility index (Phi) is 4.27. The third-order valence-corrected chi connectivity index (χ3v) is 2.84. The van der Waals surface area contributed by atoms with Crippen LogP contribution in [0.4, 0.5) is 0 Å². The molecule has 0 aliphatic carbocycles. The van der Waals surface area contributed by atoms with Crippen molar-refractivity contribution < 1.29 is 14.7 Å². The number of hydrogen-bond donors (Lipinski definition) is 1. The van der Waals surface area contributed by atoms with Gasteiger partial charge in [0, 0.05) is 17.8 Å². The molecule has 1 amide bonds. The molecule has 0 unspecified atom stereocenters. The van der Waals surface area contributed by atoms with Crippen molar-refractivity contribution in [2.24, 2.45) is 0 Å². The summed E-state index contributed by atoms with van der Waals surface area (Å²) < 4.78 is 1.42. The third kappa shape index (κ3) is 3.41. The SMILES string of the molecule is CC(C)N(CC(=O)O)C(=O)c1ccnc(-n2cncn2)c1. The molecule has 0 aromatic carbocycles. The zero-order valence-corrected chi connectivity index (χ0v) is 11.7. The monoisotopic (exact) mass is 289 g/mol. The largest absolute Gasteiger partial charge is 0.480 e. The fourth-order valence-electron chi connectivity index (χ4n) is 1.80. The van der Waals surface area contributed by atoms with Crippen LogP contribution in [0.3, 0.4) is 0 Å². The van der Waals surface area contributed by atoms with Crippen LogP contribution in [-0.4, -0.2) is 54.2 Å². The lowest BCUT2D eigenvalue weighted by molar-refractivity contribution is -0.138. The van der Waals surface area contributed by atoms with E-state index in [2.05, 4.69) is 15.1 Å². The lowest BCUT2D eigenvalue weighted by Gasteiger charge is -2.25. The average Bonchev–Trinajstić information content (AvgIpc) is 2.98. The van der Waals surface area contributed by atoms with Gasteiger partial charge in [0.1, 0.15) is 19.2 Å². The van der Waals surface area contributed by atoms with E-state index in [0.717, 1.165) is 0 Å². The van der Waals surface area contributed by atoms with Gasteiger partial charge in [-0.2, -0.15) is 5.10 Å². The first-order valence-electron chi connectivity index (χ1n) is 6.33. The molecule has 2 aromatic heterocycles. The summed E-state index contributed by atoms with van der Waals surface area (Å²) in [6, 6.07) is 2.87.